The Balaban J connectivity index is 1.67. The highest BCUT2D eigenvalue weighted by molar-refractivity contribution is 8.00. The van der Waals surface area contributed by atoms with Gasteiger partial charge in [0.1, 0.15) is 10.8 Å². The third-order valence-corrected chi connectivity index (χ3v) is 4.82. The van der Waals surface area contributed by atoms with Crippen LogP contribution in [0.2, 0.25) is 0 Å². The van der Waals surface area contributed by atoms with Crippen LogP contribution in [0.4, 0.5) is 5.69 Å². The van der Waals surface area contributed by atoms with Crippen molar-refractivity contribution < 1.29 is 14.6 Å². The van der Waals surface area contributed by atoms with E-state index in [2.05, 4.69) is 26.5 Å². The maximum Gasteiger partial charge on any atom is 0.335 e. The van der Waals surface area contributed by atoms with E-state index in [1.54, 1.807) is 18.5 Å². The molecular weight excluding hydrogens is 370 g/mol. The fraction of sp³-hybridized carbons (Fsp3) is 0.0556. The number of carbonyl (C=O) groups is 1. The second kappa shape index (κ2) is 8.38. The first kappa shape index (κ1) is 17.8. The Bertz CT molecular complexity index is 978. The molecule has 0 saturated carbocycles. The number of rotatable bonds is 5. The summed E-state index contributed by atoms with van der Waals surface area (Å²) in [4.78, 5) is 19.5. The standard InChI is InChI=1S/C18H13N3O3S2/c1-24-15-9-13(18(22)23)5-6-14(15)21-26-17-11-25-16(20-17)7-4-12-3-2-8-19-10-12/h2-3,5-6,8-11,21H,1H3,(H,22,23). The molecule has 0 atom stereocenters. The van der Waals surface area contributed by atoms with E-state index in [1.165, 1.54) is 42.5 Å². The van der Waals surface area contributed by atoms with Crippen molar-refractivity contribution >= 4 is 34.9 Å². The van der Waals surface area contributed by atoms with Gasteiger partial charge in [-0.1, -0.05) is 5.92 Å². The van der Waals surface area contributed by atoms with Gasteiger partial charge in [-0.25, -0.2) is 9.78 Å². The highest BCUT2D eigenvalue weighted by atomic mass is 32.2. The first-order valence-corrected chi connectivity index (χ1v) is 9.07. The number of aromatic nitrogens is 2. The molecule has 2 N–H and O–H groups in total. The van der Waals surface area contributed by atoms with Gasteiger partial charge >= 0.3 is 5.97 Å². The van der Waals surface area contributed by atoms with Crippen LogP contribution in [0.15, 0.2) is 53.1 Å². The van der Waals surface area contributed by atoms with Crippen molar-refractivity contribution in [1.82, 2.24) is 9.97 Å². The topological polar surface area (TPSA) is 84.3 Å². The van der Waals surface area contributed by atoms with Crippen LogP contribution in [0.3, 0.4) is 0 Å². The van der Waals surface area contributed by atoms with Gasteiger partial charge in [-0.15, -0.1) is 11.3 Å². The summed E-state index contributed by atoms with van der Waals surface area (Å²) >= 11 is 2.75. The number of anilines is 1. The van der Waals surface area contributed by atoms with Crippen molar-refractivity contribution in [3.63, 3.8) is 0 Å². The summed E-state index contributed by atoms with van der Waals surface area (Å²) in [5, 5.41) is 12.4. The van der Waals surface area contributed by atoms with Crippen molar-refractivity contribution in [1.29, 1.82) is 0 Å². The lowest BCUT2D eigenvalue weighted by Crippen LogP contribution is -1.99. The Morgan fingerprint density at radius 2 is 2.23 bits per heavy atom. The molecule has 0 spiro atoms. The Labute approximate surface area is 158 Å². The zero-order valence-electron chi connectivity index (χ0n) is 13.6. The van der Waals surface area contributed by atoms with Crippen LogP contribution in [-0.2, 0) is 0 Å². The van der Waals surface area contributed by atoms with Gasteiger partial charge < -0.3 is 14.6 Å². The summed E-state index contributed by atoms with van der Waals surface area (Å²) in [5.41, 5.74) is 1.66. The van der Waals surface area contributed by atoms with Crippen LogP contribution in [0.1, 0.15) is 20.9 Å². The molecule has 8 heteroatoms. The van der Waals surface area contributed by atoms with E-state index in [1.807, 2.05) is 17.5 Å². The van der Waals surface area contributed by atoms with Crippen molar-refractivity contribution in [2.75, 3.05) is 11.8 Å². The summed E-state index contributed by atoms with van der Waals surface area (Å²) in [5.74, 6) is 5.47. The van der Waals surface area contributed by atoms with Crippen LogP contribution >= 0.6 is 23.3 Å². The molecule has 6 nitrogen and oxygen atoms in total. The van der Waals surface area contributed by atoms with Crippen molar-refractivity contribution in [2.24, 2.45) is 0 Å². The lowest BCUT2D eigenvalue weighted by Gasteiger charge is -2.10. The highest BCUT2D eigenvalue weighted by Crippen LogP contribution is 2.30. The molecule has 0 radical (unpaired) electrons. The maximum absolute atomic E-state index is 11.0. The van der Waals surface area contributed by atoms with Gasteiger partial charge in [-0.3, -0.25) is 4.98 Å². The molecule has 0 bridgehead atoms. The molecule has 130 valence electrons. The van der Waals surface area contributed by atoms with Crippen molar-refractivity contribution in [3.8, 4) is 17.6 Å². The van der Waals surface area contributed by atoms with Crippen molar-refractivity contribution in [2.45, 2.75) is 5.03 Å². The number of ether oxygens (including phenoxy) is 1. The van der Waals surface area contributed by atoms with Gasteiger partial charge in [0.05, 0.1) is 18.4 Å². The molecule has 2 aromatic heterocycles. The number of pyridine rings is 1. The first-order chi connectivity index (χ1) is 12.7. The minimum Gasteiger partial charge on any atom is -0.495 e. The molecule has 0 aliphatic rings. The SMILES string of the molecule is COc1cc(C(=O)O)ccc1NSc1csc(C#Cc2cccnc2)n1. The van der Waals surface area contributed by atoms with Crippen LogP contribution in [0.25, 0.3) is 0 Å². The number of carboxylic acid groups (broad SMARTS) is 1. The number of nitrogens with one attached hydrogen (secondary N) is 1. The molecule has 3 aromatic rings. The minimum absolute atomic E-state index is 0.166. The Morgan fingerprint density at radius 1 is 1.35 bits per heavy atom. The Hall–Kier alpha value is -3.02. The minimum atomic E-state index is -1.00. The second-order valence-electron chi connectivity index (χ2n) is 4.91. The Kier molecular flexibility index (Phi) is 5.73. The molecule has 0 unspecified atom stereocenters. The van der Waals surface area contributed by atoms with Crippen molar-refractivity contribution in [3.05, 3.63) is 64.2 Å². The van der Waals surface area contributed by atoms with Crippen LogP contribution < -0.4 is 9.46 Å². The smallest absolute Gasteiger partial charge is 0.335 e. The Morgan fingerprint density at radius 3 is 2.96 bits per heavy atom. The van der Waals surface area contributed by atoms with Crippen LogP contribution in [0.5, 0.6) is 5.75 Å². The summed E-state index contributed by atoms with van der Waals surface area (Å²) in [6, 6.07) is 8.36. The highest BCUT2D eigenvalue weighted by Gasteiger charge is 2.10. The normalized spacial score (nSPS) is 9.88. The largest absolute Gasteiger partial charge is 0.495 e. The van der Waals surface area contributed by atoms with Gasteiger partial charge in [0.15, 0.2) is 5.01 Å². The molecule has 26 heavy (non-hydrogen) atoms. The first-order valence-electron chi connectivity index (χ1n) is 7.37. The third kappa shape index (κ3) is 4.53. The van der Waals surface area contributed by atoms with Crippen LogP contribution in [0, 0.1) is 11.8 Å². The quantitative estimate of drug-likeness (QED) is 0.512. The van der Waals surface area contributed by atoms with E-state index in [4.69, 9.17) is 9.84 Å². The number of nitrogens with zero attached hydrogens (tertiary/aromatic N) is 2. The molecule has 0 amide bonds. The predicted octanol–water partition coefficient (Wildman–Crippen LogP) is 3.76. The van der Waals surface area contributed by atoms with E-state index < -0.39 is 5.97 Å². The molecule has 2 heterocycles. The number of hydrogen-bond acceptors (Lipinski definition) is 7. The molecule has 0 aliphatic carbocycles. The van der Waals surface area contributed by atoms with Gasteiger partial charge in [0, 0.05) is 35.3 Å². The molecule has 0 aliphatic heterocycles. The van der Waals surface area contributed by atoms with E-state index >= 15 is 0 Å². The molecule has 1 aromatic carbocycles. The number of carboxylic acids is 1. The zero-order valence-corrected chi connectivity index (χ0v) is 15.2. The molecular formula is C18H13N3O3S2. The van der Waals surface area contributed by atoms with Crippen LogP contribution in [-0.4, -0.2) is 28.2 Å². The zero-order chi connectivity index (χ0) is 18.4. The van der Waals surface area contributed by atoms with E-state index in [-0.39, 0.29) is 5.56 Å². The van der Waals surface area contributed by atoms with Gasteiger partial charge in [0.25, 0.3) is 0 Å². The summed E-state index contributed by atoms with van der Waals surface area (Å²) < 4.78 is 8.35. The average molecular weight is 383 g/mol. The maximum atomic E-state index is 11.0. The lowest BCUT2D eigenvalue weighted by molar-refractivity contribution is 0.0696. The lowest BCUT2D eigenvalue weighted by atomic mass is 10.2. The van der Waals surface area contributed by atoms with E-state index in [0.29, 0.717) is 16.4 Å². The van der Waals surface area contributed by atoms with E-state index in [9.17, 15) is 4.79 Å². The fourth-order valence-corrected chi connectivity index (χ4v) is 3.38. The average Bonchev–Trinajstić information content (AvgIpc) is 3.13. The van der Waals surface area contributed by atoms with Gasteiger partial charge in [0.2, 0.25) is 0 Å². The molecule has 3 rings (SSSR count). The summed E-state index contributed by atoms with van der Waals surface area (Å²) in [7, 11) is 1.49. The fourth-order valence-electron chi connectivity index (χ4n) is 1.94. The molecule has 0 saturated heterocycles. The number of benzene rings is 1. The predicted molar refractivity (Wildman–Crippen MR) is 102 cm³/mol. The molecule has 0 fully saturated rings. The van der Waals surface area contributed by atoms with E-state index in [0.717, 1.165) is 10.6 Å². The summed E-state index contributed by atoms with van der Waals surface area (Å²) in [6.07, 6.45) is 3.40. The second-order valence-corrected chi connectivity index (χ2v) is 6.59. The van der Waals surface area contributed by atoms with Gasteiger partial charge in [-0.05, 0) is 36.3 Å². The van der Waals surface area contributed by atoms with Gasteiger partial charge in [-0.2, -0.15) is 0 Å². The monoisotopic (exact) mass is 383 g/mol. The number of methoxy groups -OCH3 is 1. The number of thiazole rings is 1. The number of aromatic carboxylic acids is 1. The third-order valence-electron chi connectivity index (χ3n) is 3.17. The number of hydrogen-bond donors (Lipinski definition) is 2. The summed E-state index contributed by atoms with van der Waals surface area (Å²) in [6.45, 7) is 0.